The molecule has 1 saturated heterocycles. The van der Waals surface area contributed by atoms with Crippen LogP contribution in [0.5, 0.6) is 0 Å². The van der Waals surface area contributed by atoms with Gasteiger partial charge in [-0.25, -0.2) is 4.98 Å². The molecule has 0 radical (unpaired) electrons. The molecule has 0 spiro atoms. The Morgan fingerprint density at radius 2 is 1.90 bits per heavy atom. The topological polar surface area (TPSA) is 47.1 Å². The van der Waals surface area contributed by atoms with Crippen LogP contribution in [0, 0.1) is 0 Å². The van der Waals surface area contributed by atoms with Gasteiger partial charge in [0.25, 0.3) is 0 Å². The van der Waals surface area contributed by atoms with Crippen molar-refractivity contribution in [2.45, 2.75) is 71.0 Å². The van der Waals surface area contributed by atoms with Crippen LogP contribution in [0.2, 0.25) is 0 Å². The Hall–Kier alpha value is -0.870. The Bertz CT molecular complexity index is 402. The van der Waals surface area contributed by atoms with Crippen molar-refractivity contribution in [2.75, 3.05) is 13.1 Å². The summed E-state index contributed by atoms with van der Waals surface area (Å²) in [5.74, 6) is 1.13. The van der Waals surface area contributed by atoms with E-state index in [1.54, 1.807) is 0 Å². The molecule has 1 aromatic rings. The quantitative estimate of drug-likeness (QED) is 0.833. The predicted molar refractivity (Wildman–Crippen MR) is 83.7 cm³/mol. The number of rotatable bonds is 7. The first-order chi connectivity index (χ1) is 9.67. The molecule has 1 aromatic heterocycles. The molecule has 1 unspecified atom stereocenters. The average Bonchev–Trinajstić information content (AvgIpc) is 3.12. The van der Waals surface area contributed by atoms with Gasteiger partial charge in [0.15, 0.2) is 0 Å². The van der Waals surface area contributed by atoms with Gasteiger partial charge in [-0.15, -0.1) is 0 Å². The maximum absolute atomic E-state index is 6.67. The van der Waals surface area contributed by atoms with Crippen molar-refractivity contribution in [1.82, 2.24) is 14.5 Å². The number of imidazole rings is 1. The first-order valence-corrected chi connectivity index (χ1v) is 8.18. The summed E-state index contributed by atoms with van der Waals surface area (Å²) < 4.78 is 2.21. The number of aromatic nitrogens is 2. The lowest BCUT2D eigenvalue weighted by molar-refractivity contribution is 0.0758. The van der Waals surface area contributed by atoms with E-state index in [0.29, 0.717) is 0 Å². The largest absolute Gasteiger partial charge is 0.335 e. The van der Waals surface area contributed by atoms with Crippen LogP contribution < -0.4 is 5.73 Å². The zero-order valence-electron chi connectivity index (χ0n) is 13.3. The van der Waals surface area contributed by atoms with Gasteiger partial charge in [0.2, 0.25) is 0 Å². The minimum atomic E-state index is 0.140. The van der Waals surface area contributed by atoms with Crippen LogP contribution in [0.3, 0.4) is 0 Å². The summed E-state index contributed by atoms with van der Waals surface area (Å²) in [4.78, 5) is 7.14. The minimum absolute atomic E-state index is 0.140. The number of hydrogen-bond acceptors (Lipinski definition) is 3. The van der Waals surface area contributed by atoms with Crippen LogP contribution in [0.15, 0.2) is 12.4 Å². The van der Waals surface area contributed by atoms with Gasteiger partial charge in [0, 0.05) is 36.9 Å². The van der Waals surface area contributed by atoms with Crippen LogP contribution in [0.1, 0.15) is 52.3 Å². The van der Waals surface area contributed by atoms with E-state index >= 15 is 0 Å². The molecule has 0 amide bonds. The van der Waals surface area contributed by atoms with E-state index in [9.17, 15) is 0 Å². The minimum Gasteiger partial charge on any atom is -0.335 e. The lowest BCUT2D eigenvalue weighted by Crippen LogP contribution is -2.59. The number of aryl methyl sites for hydroxylation is 1. The Kier molecular flexibility index (Phi) is 5.22. The van der Waals surface area contributed by atoms with Crippen LogP contribution in [0.4, 0.5) is 0 Å². The Balaban J connectivity index is 2.16. The van der Waals surface area contributed by atoms with Gasteiger partial charge in [-0.1, -0.05) is 13.8 Å². The van der Waals surface area contributed by atoms with Gasteiger partial charge in [-0.3, -0.25) is 4.90 Å². The van der Waals surface area contributed by atoms with E-state index in [4.69, 9.17) is 5.73 Å². The van der Waals surface area contributed by atoms with E-state index in [0.717, 1.165) is 31.6 Å². The Labute approximate surface area is 123 Å². The van der Waals surface area contributed by atoms with E-state index in [-0.39, 0.29) is 11.6 Å². The third kappa shape index (κ3) is 2.77. The molecule has 20 heavy (non-hydrogen) atoms. The van der Waals surface area contributed by atoms with Gasteiger partial charge in [-0.2, -0.15) is 0 Å². The molecule has 2 N–H and O–H groups in total. The summed E-state index contributed by atoms with van der Waals surface area (Å²) in [6.45, 7) is 10.1. The highest BCUT2D eigenvalue weighted by Crippen LogP contribution is 2.31. The van der Waals surface area contributed by atoms with Crippen molar-refractivity contribution in [3.63, 3.8) is 0 Å². The number of hydrogen-bond donors (Lipinski definition) is 1. The molecular formula is C16H30N4. The second kappa shape index (κ2) is 6.72. The molecule has 1 atom stereocenters. The molecule has 1 fully saturated rings. The first kappa shape index (κ1) is 15.5. The standard InChI is InChI=1S/C16H30N4/c1-4-16(5-2,20-10-7-8-11-20)14(17)13-15-18-9-12-19(15)6-3/h9,12,14H,4-8,10-11,13,17H2,1-3H3. The van der Waals surface area contributed by atoms with Gasteiger partial charge in [0.05, 0.1) is 0 Å². The first-order valence-electron chi connectivity index (χ1n) is 8.18. The molecule has 1 aliphatic rings. The number of likely N-dealkylation sites (tertiary alicyclic amines) is 1. The molecule has 114 valence electrons. The zero-order chi connectivity index (χ0) is 14.6. The fourth-order valence-corrected chi connectivity index (χ4v) is 3.82. The normalized spacial score (nSPS) is 18.6. The average molecular weight is 278 g/mol. The monoisotopic (exact) mass is 278 g/mol. The molecule has 2 rings (SSSR count). The van der Waals surface area contributed by atoms with Crippen molar-refractivity contribution < 1.29 is 0 Å². The SMILES string of the molecule is CCn1ccnc1CC(N)C(CC)(CC)N1CCCC1. The summed E-state index contributed by atoms with van der Waals surface area (Å²) in [6, 6.07) is 0.156. The van der Waals surface area contributed by atoms with Crippen LogP contribution in [-0.4, -0.2) is 39.1 Å². The summed E-state index contributed by atoms with van der Waals surface area (Å²) in [7, 11) is 0. The molecule has 0 aliphatic carbocycles. The molecular weight excluding hydrogens is 248 g/mol. The number of nitrogens with zero attached hydrogens (tertiary/aromatic N) is 3. The van der Waals surface area contributed by atoms with Gasteiger partial charge < -0.3 is 10.3 Å². The van der Waals surface area contributed by atoms with Crippen LogP contribution >= 0.6 is 0 Å². The van der Waals surface area contributed by atoms with Crippen molar-refractivity contribution in [3.05, 3.63) is 18.2 Å². The molecule has 1 aliphatic heterocycles. The summed E-state index contributed by atoms with van der Waals surface area (Å²) >= 11 is 0. The fraction of sp³-hybridized carbons (Fsp3) is 0.812. The predicted octanol–water partition coefficient (Wildman–Crippen LogP) is 2.43. The zero-order valence-corrected chi connectivity index (χ0v) is 13.3. The third-order valence-corrected chi connectivity index (χ3v) is 5.20. The molecule has 0 bridgehead atoms. The molecule has 0 aromatic carbocycles. The van der Waals surface area contributed by atoms with Crippen molar-refractivity contribution >= 4 is 0 Å². The molecule has 4 heteroatoms. The number of nitrogens with two attached hydrogens (primary N) is 1. The van der Waals surface area contributed by atoms with Crippen LogP contribution in [-0.2, 0) is 13.0 Å². The van der Waals surface area contributed by atoms with E-state index < -0.39 is 0 Å². The maximum Gasteiger partial charge on any atom is 0.110 e. The summed E-state index contributed by atoms with van der Waals surface area (Å²) in [5, 5.41) is 0. The second-order valence-corrected chi connectivity index (χ2v) is 5.94. The Morgan fingerprint density at radius 1 is 1.25 bits per heavy atom. The van der Waals surface area contributed by atoms with Gasteiger partial charge in [-0.05, 0) is 45.7 Å². The van der Waals surface area contributed by atoms with Crippen LogP contribution in [0.25, 0.3) is 0 Å². The second-order valence-electron chi connectivity index (χ2n) is 5.94. The highest BCUT2D eigenvalue weighted by molar-refractivity contribution is 5.05. The lowest BCUT2D eigenvalue weighted by Gasteiger charge is -2.45. The maximum atomic E-state index is 6.67. The lowest BCUT2D eigenvalue weighted by atomic mass is 9.81. The highest BCUT2D eigenvalue weighted by atomic mass is 15.2. The van der Waals surface area contributed by atoms with E-state index in [2.05, 4.69) is 41.4 Å². The van der Waals surface area contributed by atoms with E-state index in [1.165, 1.54) is 25.9 Å². The molecule has 0 saturated carbocycles. The summed E-state index contributed by atoms with van der Waals surface area (Å²) in [5.41, 5.74) is 6.81. The highest BCUT2D eigenvalue weighted by Gasteiger charge is 2.40. The Morgan fingerprint density at radius 3 is 2.45 bits per heavy atom. The van der Waals surface area contributed by atoms with E-state index in [1.807, 2.05) is 6.20 Å². The summed E-state index contributed by atoms with van der Waals surface area (Å²) in [6.07, 6.45) is 9.70. The molecule has 2 heterocycles. The smallest absolute Gasteiger partial charge is 0.110 e. The molecule has 4 nitrogen and oxygen atoms in total. The van der Waals surface area contributed by atoms with Crippen molar-refractivity contribution in [2.24, 2.45) is 5.73 Å². The third-order valence-electron chi connectivity index (χ3n) is 5.20. The van der Waals surface area contributed by atoms with Crippen molar-refractivity contribution in [3.8, 4) is 0 Å². The van der Waals surface area contributed by atoms with Gasteiger partial charge >= 0.3 is 0 Å². The fourth-order valence-electron chi connectivity index (χ4n) is 3.82. The van der Waals surface area contributed by atoms with Crippen molar-refractivity contribution in [1.29, 1.82) is 0 Å². The van der Waals surface area contributed by atoms with Gasteiger partial charge in [0.1, 0.15) is 5.82 Å².